The lowest BCUT2D eigenvalue weighted by atomic mass is 10.00. The van der Waals surface area contributed by atoms with Crippen LogP contribution in [0.3, 0.4) is 0 Å². The van der Waals surface area contributed by atoms with Crippen LogP contribution < -0.4 is 40.9 Å². The standard InChI is InChI=1S/C31H38BrN8O3P/c1-6-20-17-24(27(41-3)18-25(20)40-11-9-21(10-12-40)39-15-13-38(2)14-16-39)35-31-33-19-22(32)30(36-31)34-23-7-8-26-28(43-37-42-26)29(23)44(4)5/h1,7-8,17-19,21,37H,9-16H2,2-5H3,(H2,33,34,35,36). The summed E-state index contributed by atoms with van der Waals surface area (Å²) in [4.78, 5) is 27.6. The van der Waals surface area contributed by atoms with Gasteiger partial charge in [-0.25, -0.2) is 4.98 Å². The maximum Gasteiger partial charge on any atom is 0.229 e. The van der Waals surface area contributed by atoms with Crippen LogP contribution in [0, 0.1) is 12.3 Å². The highest BCUT2D eigenvalue weighted by Crippen LogP contribution is 2.42. The van der Waals surface area contributed by atoms with E-state index in [-0.39, 0.29) is 0 Å². The molecule has 6 rings (SSSR count). The van der Waals surface area contributed by atoms with E-state index in [0.29, 0.717) is 45.2 Å². The zero-order chi connectivity index (χ0) is 30.8. The number of piperazine rings is 1. The Morgan fingerprint density at radius 1 is 1.07 bits per heavy atom. The van der Waals surface area contributed by atoms with Gasteiger partial charge in [0.1, 0.15) is 11.6 Å². The van der Waals surface area contributed by atoms with Crippen LogP contribution in [0.5, 0.6) is 17.2 Å². The lowest BCUT2D eigenvalue weighted by Gasteiger charge is -2.42. The Kier molecular flexibility index (Phi) is 9.31. The van der Waals surface area contributed by atoms with Crippen LogP contribution in [-0.4, -0.2) is 92.6 Å². The van der Waals surface area contributed by atoms with E-state index in [1.165, 1.54) is 0 Å². The van der Waals surface area contributed by atoms with E-state index in [4.69, 9.17) is 25.8 Å². The molecule has 3 aliphatic rings. The second kappa shape index (κ2) is 13.3. The number of methoxy groups -OCH3 is 1. The van der Waals surface area contributed by atoms with E-state index in [2.05, 4.69) is 78.2 Å². The van der Waals surface area contributed by atoms with Gasteiger partial charge in [-0.15, -0.1) is 6.42 Å². The zero-order valence-corrected chi connectivity index (χ0v) is 28.0. The van der Waals surface area contributed by atoms with Crippen LogP contribution in [0.1, 0.15) is 18.4 Å². The monoisotopic (exact) mass is 680 g/mol. The van der Waals surface area contributed by atoms with E-state index < -0.39 is 7.92 Å². The molecule has 3 N–H and O–H groups in total. The summed E-state index contributed by atoms with van der Waals surface area (Å²) in [5.74, 6) is 5.92. The minimum atomic E-state index is -0.527. The highest BCUT2D eigenvalue weighted by molar-refractivity contribution is 9.10. The summed E-state index contributed by atoms with van der Waals surface area (Å²) in [5, 5.41) is 7.81. The first-order valence-electron chi connectivity index (χ1n) is 14.7. The molecule has 0 atom stereocenters. The van der Waals surface area contributed by atoms with Gasteiger partial charge in [-0.2, -0.15) is 4.98 Å². The second-order valence-electron chi connectivity index (χ2n) is 11.4. The van der Waals surface area contributed by atoms with Gasteiger partial charge in [-0.05, 0) is 67.3 Å². The maximum absolute atomic E-state index is 6.05. The molecule has 2 aromatic carbocycles. The van der Waals surface area contributed by atoms with Crippen molar-refractivity contribution in [2.24, 2.45) is 0 Å². The third-order valence-corrected chi connectivity index (χ3v) is 10.3. The number of rotatable bonds is 8. The maximum atomic E-state index is 6.05. The number of hydrogen-bond acceptors (Lipinski definition) is 11. The van der Waals surface area contributed by atoms with Gasteiger partial charge in [0.25, 0.3) is 0 Å². The molecule has 44 heavy (non-hydrogen) atoms. The van der Waals surface area contributed by atoms with Crippen molar-refractivity contribution >= 4 is 58.0 Å². The number of halogens is 1. The highest BCUT2D eigenvalue weighted by atomic mass is 79.9. The van der Waals surface area contributed by atoms with E-state index in [1.54, 1.807) is 13.3 Å². The molecule has 1 aromatic heterocycles. The smallest absolute Gasteiger partial charge is 0.229 e. The van der Waals surface area contributed by atoms with Gasteiger partial charge >= 0.3 is 0 Å². The van der Waals surface area contributed by atoms with Crippen LogP contribution in [0.25, 0.3) is 0 Å². The molecule has 0 aliphatic carbocycles. The van der Waals surface area contributed by atoms with Crippen molar-refractivity contribution in [2.45, 2.75) is 18.9 Å². The van der Waals surface area contributed by atoms with Gasteiger partial charge in [-0.1, -0.05) is 13.8 Å². The van der Waals surface area contributed by atoms with Crippen molar-refractivity contribution in [3.63, 3.8) is 0 Å². The molecule has 3 aliphatic heterocycles. The fraction of sp³-hybridized carbons (Fsp3) is 0.419. The third kappa shape index (κ3) is 6.39. The van der Waals surface area contributed by atoms with Gasteiger partial charge in [-0.3, -0.25) is 4.90 Å². The number of ether oxygens (including phenoxy) is 1. The summed E-state index contributed by atoms with van der Waals surface area (Å²) in [5.41, 5.74) is 5.89. The third-order valence-electron chi connectivity index (χ3n) is 8.41. The molecule has 0 radical (unpaired) electrons. The van der Waals surface area contributed by atoms with Crippen molar-refractivity contribution in [3.05, 3.63) is 40.5 Å². The van der Waals surface area contributed by atoms with Gasteiger partial charge < -0.3 is 34.8 Å². The van der Waals surface area contributed by atoms with E-state index >= 15 is 0 Å². The molecule has 0 unspecified atom stereocenters. The second-order valence-corrected chi connectivity index (χ2v) is 14.5. The minimum absolute atomic E-state index is 0.400. The van der Waals surface area contributed by atoms with E-state index in [0.717, 1.165) is 74.4 Å². The Morgan fingerprint density at radius 2 is 1.84 bits per heavy atom. The van der Waals surface area contributed by atoms with Crippen molar-refractivity contribution in [3.8, 4) is 29.6 Å². The van der Waals surface area contributed by atoms with Gasteiger partial charge in [0.2, 0.25) is 11.7 Å². The molecule has 11 nitrogen and oxygen atoms in total. The molecule has 0 amide bonds. The number of nitrogens with one attached hydrogen (secondary N) is 3. The lowest BCUT2D eigenvalue weighted by Crippen LogP contribution is -2.52. The normalized spacial score (nSPS) is 17.5. The fourth-order valence-electron chi connectivity index (χ4n) is 6.02. The summed E-state index contributed by atoms with van der Waals surface area (Å²) < 4.78 is 6.54. The Morgan fingerprint density at radius 3 is 2.55 bits per heavy atom. The van der Waals surface area contributed by atoms with Crippen molar-refractivity contribution in [2.75, 3.05) is 82.3 Å². The zero-order valence-electron chi connectivity index (χ0n) is 25.5. The molecule has 13 heteroatoms. The Balaban J connectivity index is 1.20. The molecule has 2 saturated heterocycles. The number of benzene rings is 2. The number of aromatic nitrogens is 2. The summed E-state index contributed by atoms with van der Waals surface area (Å²) in [6.45, 7) is 10.8. The Bertz CT molecular complexity index is 1550. The number of hydrogen-bond donors (Lipinski definition) is 3. The van der Waals surface area contributed by atoms with Crippen LogP contribution in [-0.2, 0) is 0 Å². The number of likely N-dealkylation sites (N-methyl/N-ethyl adjacent to an activating group) is 1. The number of piperidine rings is 1. The number of anilines is 5. The number of terminal acetylenes is 1. The molecular weight excluding hydrogens is 643 g/mol. The summed E-state index contributed by atoms with van der Waals surface area (Å²) in [6, 6.07) is 8.43. The molecule has 2 fully saturated rings. The highest BCUT2D eigenvalue weighted by Gasteiger charge is 2.28. The largest absolute Gasteiger partial charge is 0.494 e. The first-order valence-corrected chi connectivity index (χ1v) is 17.7. The summed E-state index contributed by atoms with van der Waals surface area (Å²) in [7, 11) is 3.34. The molecule has 232 valence electrons. The summed E-state index contributed by atoms with van der Waals surface area (Å²) in [6.07, 6.45) is 10.0. The van der Waals surface area contributed by atoms with Crippen LogP contribution in [0.2, 0.25) is 0 Å². The van der Waals surface area contributed by atoms with Gasteiger partial charge in [0.15, 0.2) is 5.75 Å². The summed E-state index contributed by atoms with van der Waals surface area (Å²) >= 11 is 3.59. The minimum Gasteiger partial charge on any atom is -0.494 e. The Hall–Kier alpha value is -3.33. The number of nitrogens with zero attached hydrogens (tertiary/aromatic N) is 5. The van der Waals surface area contributed by atoms with Crippen molar-refractivity contribution in [1.29, 1.82) is 0 Å². The van der Waals surface area contributed by atoms with Crippen LogP contribution >= 0.6 is 23.9 Å². The Labute approximate surface area is 268 Å². The average Bonchev–Trinajstić information content (AvgIpc) is 3.51. The molecule has 0 bridgehead atoms. The average molecular weight is 682 g/mol. The van der Waals surface area contributed by atoms with Crippen molar-refractivity contribution in [1.82, 2.24) is 25.4 Å². The fourth-order valence-corrected chi connectivity index (χ4v) is 7.48. The quantitative estimate of drug-likeness (QED) is 0.232. The van der Waals surface area contributed by atoms with Crippen molar-refractivity contribution < 1.29 is 14.4 Å². The van der Waals surface area contributed by atoms with Crippen LogP contribution in [0.4, 0.5) is 28.8 Å². The lowest BCUT2D eigenvalue weighted by molar-refractivity contribution is 0.0265. The van der Waals surface area contributed by atoms with Crippen LogP contribution in [0.15, 0.2) is 34.9 Å². The predicted octanol–water partition coefficient (Wildman–Crippen LogP) is 4.49. The molecule has 0 spiro atoms. The molecule has 4 heterocycles. The van der Waals surface area contributed by atoms with Gasteiger partial charge in [0, 0.05) is 74.1 Å². The van der Waals surface area contributed by atoms with Gasteiger partial charge in [0.05, 0.1) is 28.6 Å². The topological polar surface area (TPSA) is 99.3 Å². The SMILES string of the molecule is C#Cc1cc(Nc2ncc(Br)c(Nc3ccc4c(c3P(C)C)ONO4)n2)c(OC)cc1N1CCC(N2CCN(C)CC2)CC1. The molecule has 0 saturated carbocycles. The molecule has 3 aromatic rings. The molecular formula is C31H38BrN8O3P. The van der Waals surface area contributed by atoms with E-state index in [9.17, 15) is 0 Å². The van der Waals surface area contributed by atoms with E-state index in [1.807, 2.05) is 24.3 Å². The predicted molar refractivity (Wildman–Crippen MR) is 181 cm³/mol. The first kappa shape index (κ1) is 30.7. The number of fused-ring (bicyclic) bond motifs is 1. The first-order chi connectivity index (χ1) is 21.3.